The molecular formula is C12H12Cl2N4O2. The highest BCUT2D eigenvalue weighted by atomic mass is 35.5. The van der Waals surface area contributed by atoms with Crippen molar-refractivity contribution in [2.75, 3.05) is 25.3 Å². The van der Waals surface area contributed by atoms with Gasteiger partial charge in [-0.05, 0) is 0 Å². The molecule has 0 atom stereocenters. The second-order valence-electron chi connectivity index (χ2n) is 3.74. The third kappa shape index (κ3) is 2.97. The van der Waals surface area contributed by atoms with Gasteiger partial charge in [0.05, 0.1) is 31.1 Å². The van der Waals surface area contributed by atoms with E-state index in [-0.39, 0.29) is 5.95 Å². The maximum atomic E-state index is 6.04. The molecule has 2 aromatic rings. The van der Waals surface area contributed by atoms with Gasteiger partial charge in [-0.15, -0.1) is 0 Å². The lowest BCUT2D eigenvalue weighted by Gasteiger charge is -2.14. The van der Waals surface area contributed by atoms with Crippen LogP contribution in [0.5, 0.6) is 11.5 Å². The van der Waals surface area contributed by atoms with Crippen molar-refractivity contribution in [1.29, 1.82) is 0 Å². The molecule has 3 N–H and O–H groups in total. The number of nitrogens with zero attached hydrogens (tertiary/aromatic N) is 2. The molecule has 20 heavy (non-hydrogen) atoms. The SMILES string of the molecule is COc1cc(Nc2nc(N)ncc2Cl)c(OC)cc1Cl. The molecular weight excluding hydrogens is 303 g/mol. The summed E-state index contributed by atoms with van der Waals surface area (Å²) in [5.41, 5.74) is 6.13. The Morgan fingerprint density at radius 3 is 2.45 bits per heavy atom. The van der Waals surface area contributed by atoms with Gasteiger partial charge in [-0.1, -0.05) is 23.2 Å². The number of hydrogen-bond acceptors (Lipinski definition) is 6. The first-order valence-electron chi connectivity index (χ1n) is 5.51. The normalized spacial score (nSPS) is 10.2. The van der Waals surface area contributed by atoms with E-state index in [0.29, 0.717) is 33.0 Å². The first-order chi connectivity index (χ1) is 9.55. The van der Waals surface area contributed by atoms with E-state index < -0.39 is 0 Å². The second kappa shape index (κ2) is 6.02. The summed E-state index contributed by atoms with van der Waals surface area (Å²) < 4.78 is 10.4. The van der Waals surface area contributed by atoms with Gasteiger partial charge in [-0.2, -0.15) is 4.98 Å². The predicted molar refractivity (Wildman–Crippen MR) is 79.3 cm³/mol. The highest BCUT2D eigenvalue weighted by Gasteiger charge is 2.12. The van der Waals surface area contributed by atoms with Crippen LogP contribution >= 0.6 is 23.2 Å². The predicted octanol–water partition coefficient (Wildman–Crippen LogP) is 3.13. The first kappa shape index (κ1) is 14.5. The zero-order chi connectivity index (χ0) is 14.7. The lowest BCUT2D eigenvalue weighted by atomic mass is 10.2. The van der Waals surface area contributed by atoms with Crippen molar-refractivity contribution < 1.29 is 9.47 Å². The molecule has 0 bridgehead atoms. The number of halogens is 2. The van der Waals surface area contributed by atoms with Gasteiger partial charge < -0.3 is 20.5 Å². The van der Waals surface area contributed by atoms with Gasteiger partial charge in [-0.25, -0.2) is 4.98 Å². The van der Waals surface area contributed by atoms with E-state index in [1.54, 1.807) is 12.1 Å². The Kier molecular flexibility index (Phi) is 4.36. The number of benzene rings is 1. The smallest absolute Gasteiger partial charge is 0.222 e. The summed E-state index contributed by atoms with van der Waals surface area (Å²) in [5.74, 6) is 1.48. The average molecular weight is 315 g/mol. The molecule has 1 aromatic carbocycles. The van der Waals surface area contributed by atoms with Crippen molar-refractivity contribution in [3.05, 3.63) is 28.4 Å². The fourth-order valence-corrected chi connectivity index (χ4v) is 1.92. The topological polar surface area (TPSA) is 82.3 Å². The summed E-state index contributed by atoms with van der Waals surface area (Å²) in [7, 11) is 3.05. The van der Waals surface area contributed by atoms with E-state index in [9.17, 15) is 0 Å². The van der Waals surface area contributed by atoms with E-state index >= 15 is 0 Å². The monoisotopic (exact) mass is 314 g/mol. The number of ether oxygens (including phenoxy) is 2. The van der Waals surface area contributed by atoms with Gasteiger partial charge in [0.2, 0.25) is 5.95 Å². The molecule has 8 heteroatoms. The number of nitrogens with two attached hydrogens (primary N) is 1. The average Bonchev–Trinajstić information content (AvgIpc) is 2.44. The van der Waals surface area contributed by atoms with Gasteiger partial charge in [0, 0.05) is 12.1 Å². The number of anilines is 3. The molecule has 1 heterocycles. The summed E-state index contributed by atoms with van der Waals surface area (Å²) in [6.45, 7) is 0. The molecule has 0 spiro atoms. The lowest BCUT2D eigenvalue weighted by Crippen LogP contribution is -2.02. The summed E-state index contributed by atoms with van der Waals surface area (Å²) in [4.78, 5) is 7.80. The Hall–Kier alpha value is -1.92. The van der Waals surface area contributed by atoms with Crippen molar-refractivity contribution in [2.45, 2.75) is 0 Å². The van der Waals surface area contributed by atoms with Crippen LogP contribution in [0.4, 0.5) is 17.5 Å². The highest BCUT2D eigenvalue weighted by Crippen LogP contribution is 2.37. The molecule has 0 unspecified atom stereocenters. The molecule has 0 aliphatic rings. The Morgan fingerprint density at radius 2 is 1.80 bits per heavy atom. The summed E-state index contributed by atoms with van der Waals surface area (Å²) >= 11 is 12.0. The molecule has 0 saturated heterocycles. The zero-order valence-corrected chi connectivity index (χ0v) is 12.3. The molecule has 0 radical (unpaired) electrons. The minimum Gasteiger partial charge on any atom is -0.495 e. The fraction of sp³-hybridized carbons (Fsp3) is 0.167. The van der Waals surface area contributed by atoms with Gasteiger partial charge >= 0.3 is 0 Å². The number of nitrogens with one attached hydrogen (secondary N) is 1. The van der Waals surface area contributed by atoms with Crippen molar-refractivity contribution in [1.82, 2.24) is 9.97 Å². The molecule has 0 aliphatic heterocycles. The molecule has 106 valence electrons. The van der Waals surface area contributed by atoms with E-state index in [1.807, 2.05) is 0 Å². The number of methoxy groups -OCH3 is 2. The van der Waals surface area contributed by atoms with Gasteiger partial charge in [0.1, 0.15) is 16.5 Å². The Morgan fingerprint density at radius 1 is 1.10 bits per heavy atom. The zero-order valence-electron chi connectivity index (χ0n) is 10.8. The number of nitrogen functional groups attached to an aromatic ring is 1. The van der Waals surface area contributed by atoms with Gasteiger partial charge in [0.15, 0.2) is 5.82 Å². The summed E-state index contributed by atoms with van der Waals surface area (Å²) in [6.07, 6.45) is 1.41. The van der Waals surface area contributed by atoms with Crippen LogP contribution in [0.3, 0.4) is 0 Å². The highest BCUT2D eigenvalue weighted by molar-refractivity contribution is 6.33. The number of rotatable bonds is 4. The lowest BCUT2D eigenvalue weighted by molar-refractivity contribution is 0.405. The van der Waals surface area contributed by atoms with Gasteiger partial charge in [-0.3, -0.25) is 0 Å². The van der Waals surface area contributed by atoms with Crippen LogP contribution in [0, 0.1) is 0 Å². The largest absolute Gasteiger partial charge is 0.495 e. The first-order valence-corrected chi connectivity index (χ1v) is 6.27. The van der Waals surface area contributed by atoms with E-state index in [2.05, 4.69) is 15.3 Å². The molecule has 0 amide bonds. The summed E-state index contributed by atoms with van der Waals surface area (Å²) in [6, 6.07) is 3.30. The Bertz CT molecular complexity index is 637. The van der Waals surface area contributed by atoms with Crippen LogP contribution < -0.4 is 20.5 Å². The third-order valence-electron chi connectivity index (χ3n) is 2.49. The molecule has 0 saturated carbocycles. The molecule has 0 fully saturated rings. The van der Waals surface area contributed by atoms with Crippen LogP contribution in [-0.2, 0) is 0 Å². The van der Waals surface area contributed by atoms with Crippen LogP contribution in [-0.4, -0.2) is 24.2 Å². The van der Waals surface area contributed by atoms with Crippen LogP contribution in [0.15, 0.2) is 18.3 Å². The molecule has 2 rings (SSSR count). The Labute approximate surface area is 125 Å². The van der Waals surface area contributed by atoms with Crippen LogP contribution in [0.1, 0.15) is 0 Å². The van der Waals surface area contributed by atoms with Gasteiger partial charge in [0.25, 0.3) is 0 Å². The second-order valence-corrected chi connectivity index (χ2v) is 4.55. The molecule has 0 aliphatic carbocycles. The number of aromatic nitrogens is 2. The number of hydrogen-bond donors (Lipinski definition) is 2. The van der Waals surface area contributed by atoms with E-state index in [1.165, 1.54) is 20.4 Å². The van der Waals surface area contributed by atoms with E-state index in [0.717, 1.165) is 0 Å². The minimum atomic E-state index is 0.108. The van der Waals surface area contributed by atoms with Crippen molar-refractivity contribution in [3.8, 4) is 11.5 Å². The maximum absolute atomic E-state index is 6.04. The summed E-state index contributed by atoms with van der Waals surface area (Å²) in [5, 5.41) is 3.77. The molecule has 1 aromatic heterocycles. The van der Waals surface area contributed by atoms with Crippen molar-refractivity contribution in [2.24, 2.45) is 0 Å². The standard InChI is InChI=1S/C12H12Cl2N4O2/c1-19-9-4-8(10(20-2)3-6(9)13)17-11-7(14)5-16-12(15)18-11/h3-5H,1-2H3,(H3,15,16,17,18). The van der Waals surface area contributed by atoms with Crippen molar-refractivity contribution >= 4 is 40.7 Å². The third-order valence-corrected chi connectivity index (χ3v) is 3.06. The Balaban J connectivity index is 2.44. The van der Waals surface area contributed by atoms with Crippen LogP contribution in [0.2, 0.25) is 10.0 Å². The van der Waals surface area contributed by atoms with Crippen LogP contribution in [0.25, 0.3) is 0 Å². The minimum absolute atomic E-state index is 0.108. The quantitative estimate of drug-likeness (QED) is 0.902. The van der Waals surface area contributed by atoms with E-state index in [4.69, 9.17) is 38.4 Å². The fourth-order valence-electron chi connectivity index (χ4n) is 1.55. The maximum Gasteiger partial charge on any atom is 0.222 e. The van der Waals surface area contributed by atoms with Crippen molar-refractivity contribution in [3.63, 3.8) is 0 Å². The molecule has 6 nitrogen and oxygen atoms in total.